The lowest BCUT2D eigenvalue weighted by atomic mass is 9.78. The molecule has 0 unspecified atom stereocenters. The van der Waals surface area contributed by atoms with Crippen molar-refractivity contribution in [3.63, 3.8) is 0 Å². The Bertz CT molecular complexity index is 888. The van der Waals surface area contributed by atoms with Crippen molar-refractivity contribution in [2.24, 2.45) is 5.92 Å². The number of hydrogen-bond acceptors (Lipinski definition) is 4. The van der Waals surface area contributed by atoms with Crippen molar-refractivity contribution in [3.05, 3.63) is 66.1 Å². The zero-order valence-electron chi connectivity index (χ0n) is 12.5. The van der Waals surface area contributed by atoms with E-state index >= 15 is 0 Å². The average Bonchev–Trinajstić information content (AvgIpc) is 3.17. The standard InChI is InChI=1S/C18H16N4O/c23-18-13(5-6-15-14(18)7-19-9-21-15)17-12-4-2-1-3-11(12)16-8-20-10-22(16)17/h1-4,7-10,13,17-18,23H,5-6H2/t13-,17+,18+/m0/s1. The summed E-state index contributed by atoms with van der Waals surface area (Å²) in [4.78, 5) is 12.7. The first-order chi connectivity index (χ1) is 11.3. The van der Waals surface area contributed by atoms with Gasteiger partial charge < -0.3 is 9.67 Å². The van der Waals surface area contributed by atoms with E-state index in [1.807, 2.05) is 12.5 Å². The molecule has 1 aliphatic carbocycles. The molecular weight excluding hydrogens is 288 g/mol. The van der Waals surface area contributed by atoms with E-state index in [9.17, 15) is 5.11 Å². The Kier molecular flexibility index (Phi) is 2.67. The maximum Gasteiger partial charge on any atom is 0.115 e. The number of hydrogen-bond donors (Lipinski definition) is 1. The lowest BCUT2D eigenvalue weighted by molar-refractivity contribution is 0.0706. The monoisotopic (exact) mass is 304 g/mol. The summed E-state index contributed by atoms with van der Waals surface area (Å²) in [6.07, 6.45) is 8.34. The third-order valence-corrected chi connectivity index (χ3v) is 5.19. The maximum atomic E-state index is 11.0. The van der Waals surface area contributed by atoms with Gasteiger partial charge in [0.25, 0.3) is 0 Å². The quantitative estimate of drug-likeness (QED) is 0.750. The SMILES string of the molecule is O[C@H]1c2cncnc2CC[C@H]1[C@H]1c2ccccc2-c2cncn21. The molecule has 0 radical (unpaired) electrons. The number of rotatable bonds is 1. The van der Waals surface area contributed by atoms with Gasteiger partial charge in [0.2, 0.25) is 0 Å². The van der Waals surface area contributed by atoms with Crippen LogP contribution in [0.4, 0.5) is 0 Å². The second kappa shape index (κ2) is 4.73. The maximum absolute atomic E-state index is 11.0. The fraction of sp³-hybridized carbons (Fsp3) is 0.278. The Balaban J connectivity index is 1.64. The van der Waals surface area contributed by atoms with Crippen LogP contribution in [-0.4, -0.2) is 24.6 Å². The summed E-state index contributed by atoms with van der Waals surface area (Å²) in [6, 6.07) is 8.54. The third-order valence-electron chi connectivity index (χ3n) is 5.19. The topological polar surface area (TPSA) is 63.8 Å². The summed E-state index contributed by atoms with van der Waals surface area (Å²) in [7, 11) is 0. The van der Waals surface area contributed by atoms with Crippen molar-refractivity contribution in [3.8, 4) is 11.3 Å². The molecule has 23 heavy (non-hydrogen) atoms. The summed E-state index contributed by atoms with van der Waals surface area (Å²) in [6.45, 7) is 0. The molecule has 0 saturated carbocycles. The van der Waals surface area contributed by atoms with Gasteiger partial charge in [-0.1, -0.05) is 24.3 Å². The molecule has 1 aliphatic heterocycles. The van der Waals surface area contributed by atoms with Crippen LogP contribution >= 0.6 is 0 Å². The lowest BCUT2D eigenvalue weighted by Crippen LogP contribution is -2.29. The van der Waals surface area contributed by atoms with E-state index in [2.05, 4.69) is 43.8 Å². The number of aliphatic hydroxyl groups is 1. The predicted octanol–water partition coefficient (Wildman–Crippen LogP) is 2.54. The molecule has 0 amide bonds. The predicted molar refractivity (Wildman–Crippen MR) is 84.6 cm³/mol. The van der Waals surface area contributed by atoms with Crippen LogP contribution in [-0.2, 0) is 6.42 Å². The molecule has 3 heterocycles. The number of aromatic nitrogens is 4. The number of nitrogens with zero attached hydrogens (tertiary/aromatic N) is 4. The number of aryl methyl sites for hydroxylation is 1. The zero-order chi connectivity index (χ0) is 15.4. The van der Waals surface area contributed by atoms with Gasteiger partial charge in [0.1, 0.15) is 6.33 Å². The van der Waals surface area contributed by atoms with E-state index in [0.717, 1.165) is 29.8 Å². The van der Waals surface area contributed by atoms with E-state index in [-0.39, 0.29) is 12.0 Å². The second-order valence-electron chi connectivity index (χ2n) is 6.29. The molecule has 0 saturated heterocycles. The highest BCUT2D eigenvalue weighted by Gasteiger charge is 2.40. The molecular formula is C18H16N4O. The van der Waals surface area contributed by atoms with Gasteiger partial charge in [0.15, 0.2) is 0 Å². The molecule has 114 valence electrons. The lowest BCUT2D eigenvalue weighted by Gasteiger charge is -2.34. The van der Waals surface area contributed by atoms with Crippen LogP contribution in [0.25, 0.3) is 11.3 Å². The van der Waals surface area contributed by atoms with E-state index in [1.165, 1.54) is 11.1 Å². The van der Waals surface area contributed by atoms with Crippen molar-refractivity contribution >= 4 is 0 Å². The Hall–Kier alpha value is -2.53. The molecule has 5 heteroatoms. The minimum Gasteiger partial charge on any atom is -0.388 e. The van der Waals surface area contributed by atoms with Crippen molar-refractivity contribution in [2.45, 2.75) is 25.0 Å². The van der Waals surface area contributed by atoms with Crippen LogP contribution < -0.4 is 0 Å². The third kappa shape index (κ3) is 1.74. The van der Waals surface area contributed by atoms with Gasteiger partial charge in [-0.2, -0.15) is 0 Å². The minimum atomic E-state index is -0.550. The van der Waals surface area contributed by atoms with Crippen LogP contribution in [0.3, 0.4) is 0 Å². The van der Waals surface area contributed by atoms with Crippen molar-refractivity contribution in [2.75, 3.05) is 0 Å². The van der Waals surface area contributed by atoms with Crippen molar-refractivity contribution in [1.29, 1.82) is 0 Å². The van der Waals surface area contributed by atoms with Gasteiger partial charge >= 0.3 is 0 Å². The largest absolute Gasteiger partial charge is 0.388 e. The van der Waals surface area contributed by atoms with Gasteiger partial charge in [-0.15, -0.1) is 0 Å². The first-order valence-electron chi connectivity index (χ1n) is 7.92. The molecule has 1 aromatic carbocycles. The zero-order valence-corrected chi connectivity index (χ0v) is 12.5. The van der Waals surface area contributed by atoms with E-state index in [1.54, 1.807) is 12.5 Å². The number of imidazole rings is 1. The molecule has 3 aromatic rings. The van der Waals surface area contributed by atoms with Crippen LogP contribution in [0.15, 0.2) is 49.3 Å². The highest BCUT2D eigenvalue weighted by molar-refractivity contribution is 5.69. The Morgan fingerprint density at radius 3 is 2.96 bits per heavy atom. The van der Waals surface area contributed by atoms with Gasteiger partial charge in [-0.3, -0.25) is 0 Å². The summed E-state index contributed by atoms with van der Waals surface area (Å²) in [5.74, 6) is 0.102. The first kappa shape index (κ1) is 13.0. The van der Waals surface area contributed by atoms with Gasteiger partial charge in [-0.25, -0.2) is 15.0 Å². The van der Waals surface area contributed by atoms with Crippen LogP contribution in [0.2, 0.25) is 0 Å². The Morgan fingerprint density at radius 2 is 2.00 bits per heavy atom. The van der Waals surface area contributed by atoms with Crippen LogP contribution in [0.1, 0.15) is 35.4 Å². The van der Waals surface area contributed by atoms with E-state index in [4.69, 9.17) is 0 Å². The fourth-order valence-electron chi connectivity index (χ4n) is 4.15. The molecule has 1 N–H and O–H groups in total. The summed E-state index contributed by atoms with van der Waals surface area (Å²) < 4.78 is 2.20. The molecule has 0 bridgehead atoms. The van der Waals surface area contributed by atoms with Crippen molar-refractivity contribution in [1.82, 2.24) is 19.5 Å². The molecule has 3 atom stereocenters. The summed E-state index contributed by atoms with van der Waals surface area (Å²) >= 11 is 0. The second-order valence-corrected chi connectivity index (χ2v) is 6.29. The fourth-order valence-corrected chi connectivity index (χ4v) is 4.15. The van der Waals surface area contributed by atoms with Crippen LogP contribution in [0.5, 0.6) is 0 Å². The van der Waals surface area contributed by atoms with Gasteiger partial charge in [-0.05, 0) is 18.4 Å². The van der Waals surface area contributed by atoms with Gasteiger partial charge in [0.05, 0.1) is 30.4 Å². The minimum absolute atomic E-state index is 0.102. The summed E-state index contributed by atoms with van der Waals surface area (Å²) in [5, 5.41) is 11.0. The average molecular weight is 304 g/mol. The summed E-state index contributed by atoms with van der Waals surface area (Å²) in [5.41, 5.74) is 5.47. The van der Waals surface area contributed by atoms with Gasteiger partial charge in [0, 0.05) is 28.9 Å². The van der Waals surface area contributed by atoms with Crippen LogP contribution in [0, 0.1) is 5.92 Å². The smallest absolute Gasteiger partial charge is 0.115 e. The highest BCUT2D eigenvalue weighted by atomic mass is 16.3. The molecule has 2 aliphatic rings. The number of benzene rings is 1. The molecule has 5 rings (SSSR count). The molecule has 5 nitrogen and oxygen atoms in total. The Labute approximate surface area is 133 Å². The van der Waals surface area contributed by atoms with E-state index < -0.39 is 6.10 Å². The molecule has 0 spiro atoms. The first-order valence-corrected chi connectivity index (χ1v) is 7.92. The Morgan fingerprint density at radius 1 is 1.09 bits per heavy atom. The number of aliphatic hydroxyl groups excluding tert-OH is 1. The molecule has 2 aromatic heterocycles. The molecule has 0 fully saturated rings. The normalized spacial score (nSPS) is 24.8. The van der Waals surface area contributed by atoms with Crippen molar-refractivity contribution < 1.29 is 5.11 Å². The number of fused-ring (bicyclic) bond motifs is 4. The van der Waals surface area contributed by atoms with E-state index in [0.29, 0.717) is 0 Å². The highest BCUT2D eigenvalue weighted by Crippen LogP contribution is 2.49.